The van der Waals surface area contributed by atoms with Crippen molar-refractivity contribution in [3.05, 3.63) is 83.7 Å². The van der Waals surface area contributed by atoms with Crippen LogP contribution < -0.4 is 0 Å². The fourth-order valence-electron chi connectivity index (χ4n) is 3.90. The fraction of sp³-hybridized carbons (Fsp3) is 0.261. The molecule has 0 radical (unpaired) electrons. The number of carboxylic acid groups (broad SMARTS) is 1. The van der Waals surface area contributed by atoms with Crippen molar-refractivity contribution in [1.29, 1.82) is 0 Å². The molecule has 0 unspecified atom stereocenters. The van der Waals surface area contributed by atoms with Crippen LogP contribution in [-0.4, -0.2) is 44.8 Å². The molecule has 2 heterocycles. The lowest BCUT2D eigenvalue weighted by Gasteiger charge is -2.32. The summed E-state index contributed by atoms with van der Waals surface area (Å²) in [7, 11) is 0. The van der Waals surface area contributed by atoms with E-state index < -0.39 is 5.97 Å². The number of benzene rings is 2. The number of carbonyl (C=O) groups is 2. The van der Waals surface area contributed by atoms with Crippen LogP contribution in [0.2, 0.25) is 0 Å². The number of para-hydroxylation sites is 1. The van der Waals surface area contributed by atoms with Gasteiger partial charge in [0.15, 0.2) is 0 Å². The van der Waals surface area contributed by atoms with Gasteiger partial charge in [-0.1, -0.05) is 36.4 Å². The van der Waals surface area contributed by atoms with Crippen molar-refractivity contribution >= 4 is 11.9 Å². The number of hydrogen-bond donors (Lipinski definition) is 1. The summed E-state index contributed by atoms with van der Waals surface area (Å²) in [6, 6.07) is 16.9. The Labute approximate surface area is 169 Å². The van der Waals surface area contributed by atoms with E-state index in [0.29, 0.717) is 30.1 Å². The molecule has 1 aromatic heterocycles. The van der Waals surface area contributed by atoms with Gasteiger partial charge in [-0.05, 0) is 48.9 Å². The van der Waals surface area contributed by atoms with Crippen molar-refractivity contribution in [2.45, 2.75) is 19.3 Å². The summed E-state index contributed by atoms with van der Waals surface area (Å²) in [6.45, 7) is 1.35. The number of hydrogen-bond acceptors (Lipinski definition) is 3. The van der Waals surface area contributed by atoms with Gasteiger partial charge >= 0.3 is 5.97 Å². The molecule has 0 atom stereocenters. The lowest BCUT2D eigenvalue weighted by Crippen LogP contribution is -2.38. The molecule has 1 aliphatic heterocycles. The SMILES string of the molecule is O=C(O)c1ccccc1CC1CCN(C(=O)c2cnn(-c3ccccc3)c2)CC1. The van der Waals surface area contributed by atoms with E-state index in [1.807, 2.05) is 47.4 Å². The maximum atomic E-state index is 12.8. The highest BCUT2D eigenvalue weighted by Gasteiger charge is 2.25. The maximum absolute atomic E-state index is 12.8. The molecule has 0 spiro atoms. The molecule has 4 rings (SSSR count). The van der Waals surface area contributed by atoms with E-state index in [0.717, 1.165) is 30.5 Å². The van der Waals surface area contributed by atoms with Crippen LogP contribution in [0, 0.1) is 5.92 Å². The molecule has 29 heavy (non-hydrogen) atoms. The van der Waals surface area contributed by atoms with Crippen molar-refractivity contribution < 1.29 is 14.7 Å². The van der Waals surface area contributed by atoms with Crippen molar-refractivity contribution in [2.24, 2.45) is 5.92 Å². The smallest absolute Gasteiger partial charge is 0.335 e. The van der Waals surface area contributed by atoms with Gasteiger partial charge in [0.25, 0.3) is 5.91 Å². The highest BCUT2D eigenvalue weighted by atomic mass is 16.4. The summed E-state index contributed by atoms with van der Waals surface area (Å²) < 4.78 is 1.71. The number of likely N-dealkylation sites (tertiary alicyclic amines) is 1. The normalized spacial score (nSPS) is 14.7. The predicted molar refractivity (Wildman–Crippen MR) is 109 cm³/mol. The third-order valence-electron chi connectivity index (χ3n) is 5.51. The standard InChI is InChI=1S/C23H23N3O3/c27-22(19-15-24-26(16-19)20-7-2-1-3-8-20)25-12-10-17(11-13-25)14-18-6-4-5-9-21(18)23(28)29/h1-9,15-17H,10-14H2,(H,28,29). The Morgan fingerprint density at radius 3 is 2.41 bits per heavy atom. The van der Waals surface area contributed by atoms with Gasteiger partial charge in [0.1, 0.15) is 0 Å². The van der Waals surface area contributed by atoms with Crippen LogP contribution >= 0.6 is 0 Å². The average molecular weight is 389 g/mol. The van der Waals surface area contributed by atoms with Gasteiger partial charge in [-0.25, -0.2) is 9.48 Å². The Kier molecular flexibility index (Phi) is 5.42. The number of rotatable bonds is 5. The lowest BCUT2D eigenvalue weighted by atomic mass is 9.88. The molecular formula is C23H23N3O3. The molecule has 0 bridgehead atoms. The van der Waals surface area contributed by atoms with Gasteiger partial charge in [-0.15, -0.1) is 0 Å². The first-order valence-electron chi connectivity index (χ1n) is 9.82. The Morgan fingerprint density at radius 2 is 1.69 bits per heavy atom. The van der Waals surface area contributed by atoms with Crippen molar-refractivity contribution in [3.8, 4) is 5.69 Å². The van der Waals surface area contributed by atoms with Crippen LogP contribution in [0.3, 0.4) is 0 Å². The van der Waals surface area contributed by atoms with Crippen molar-refractivity contribution in [1.82, 2.24) is 14.7 Å². The highest BCUT2D eigenvalue weighted by Crippen LogP contribution is 2.24. The summed E-state index contributed by atoms with van der Waals surface area (Å²) in [5, 5.41) is 13.7. The lowest BCUT2D eigenvalue weighted by molar-refractivity contribution is 0.0690. The van der Waals surface area contributed by atoms with Gasteiger partial charge in [0.05, 0.1) is 23.0 Å². The van der Waals surface area contributed by atoms with E-state index in [1.54, 1.807) is 29.2 Å². The predicted octanol–water partition coefficient (Wildman–Crippen LogP) is 3.67. The minimum absolute atomic E-state index is 0.00318. The Morgan fingerprint density at radius 1 is 1.00 bits per heavy atom. The van der Waals surface area contributed by atoms with Crippen LogP contribution in [0.25, 0.3) is 5.69 Å². The molecule has 6 heteroatoms. The minimum atomic E-state index is -0.886. The second kappa shape index (κ2) is 8.31. The third kappa shape index (κ3) is 4.21. The first-order valence-corrected chi connectivity index (χ1v) is 9.82. The Bertz CT molecular complexity index is 1000. The molecule has 1 amide bonds. The molecule has 1 fully saturated rings. The zero-order valence-electron chi connectivity index (χ0n) is 16.1. The zero-order valence-corrected chi connectivity index (χ0v) is 16.1. The number of aromatic nitrogens is 2. The number of carbonyl (C=O) groups excluding carboxylic acids is 1. The first-order chi connectivity index (χ1) is 14.1. The van der Waals surface area contributed by atoms with Gasteiger partial charge in [-0.2, -0.15) is 5.10 Å². The van der Waals surface area contributed by atoms with Gasteiger partial charge in [-0.3, -0.25) is 4.79 Å². The third-order valence-corrected chi connectivity index (χ3v) is 5.51. The van der Waals surface area contributed by atoms with Crippen LogP contribution in [0.15, 0.2) is 67.0 Å². The molecule has 6 nitrogen and oxygen atoms in total. The molecule has 2 aromatic carbocycles. The second-order valence-electron chi connectivity index (χ2n) is 7.41. The molecule has 1 saturated heterocycles. The van der Waals surface area contributed by atoms with E-state index in [2.05, 4.69) is 5.10 Å². The monoisotopic (exact) mass is 389 g/mol. The van der Waals surface area contributed by atoms with Crippen molar-refractivity contribution in [3.63, 3.8) is 0 Å². The Balaban J connectivity index is 1.37. The van der Waals surface area contributed by atoms with E-state index in [9.17, 15) is 14.7 Å². The van der Waals surface area contributed by atoms with Crippen LogP contribution in [-0.2, 0) is 6.42 Å². The summed E-state index contributed by atoms with van der Waals surface area (Å²) in [4.78, 5) is 26.1. The molecule has 0 aliphatic carbocycles. The van der Waals surface area contributed by atoms with Crippen LogP contribution in [0.5, 0.6) is 0 Å². The summed E-state index contributed by atoms with van der Waals surface area (Å²) in [6.07, 6.45) is 5.85. The van der Waals surface area contributed by atoms with Gasteiger partial charge in [0.2, 0.25) is 0 Å². The number of carboxylic acids is 1. The fourth-order valence-corrected chi connectivity index (χ4v) is 3.90. The number of nitrogens with zero attached hydrogens (tertiary/aromatic N) is 3. The van der Waals surface area contributed by atoms with E-state index in [1.165, 1.54) is 0 Å². The minimum Gasteiger partial charge on any atom is -0.478 e. The van der Waals surface area contributed by atoms with Crippen LogP contribution in [0.1, 0.15) is 39.1 Å². The molecule has 148 valence electrons. The van der Waals surface area contributed by atoms with E-state index >= 15 is 0 Å². The topological polar surface area (TPSA) is 75.4 Å². The molecule has 0 saturated carbocycles. The first kappa shape index (κ1) is 18.9. The second-order valence-corrected chi connectivity index (χ2v) is 7.41. The number of amides is 1. The summed E-state index contributed by atoms with van der Waals surface area (Å²) >= 11 is 0. The largest absolute Gasteiger partial charge is 0.478 e. The molecular weight excluding hydrogens is 366 g/mol. The van der Waals surface area contributed by atoms with E-state index in [-0.39, 0.29) is 5.91 Å². The summed E-state index contributed by atoms with van der Waals surface area (Å²) in [5.74, 6) is -0.508. The zero-order chi connectivity index (χ0) is 20.2. The molecule has 1 N–H and O–H groups in total. The summed E-state index contributed by atoms with van der Waals surface area (Å²) in [5.41, 5.74) is 2.75. The number of aromatic carboxylic acids is 1. The van der Waals surface area contributed by atoms with E-state index in [4.69, 9.17) is 0 Å². The highest BCUT2D eigenvalue weighted by molar-refractivity contribution is 5.94. The molecule has 3 aromatic rings. The maximum Gasteiger partial charge on any atom is 0.335 e. The van der Waals surface area contributed by atoms with Gasteiger partial charge in [0, 0.05) is 19.3 Å². The van der Waals surface area contributed by atoms with Crippen LogP contribution in [0.4, 0.5) is 0 Å². The van der Waals surface area contributed by atoms with Gasteiger partial charge < -0.3 is 10.0 Å². The average Bonchev–Trinajstić information content (AvgIpc) is 3.25. The van der Waals surface area contributed by atoms with Crippen molar-refractivity contribution in [2.75, 3.05) is 13.1 Å². The molecule has 1 aliphatic rings. The Hall–Kier alpha value is -3.41. The quantitative estimate of drug-likeness (QED) is 0.722. The number of piperidine rings is 1.